The van der Waals surface area contributed by atoms with Crippen LogP contribution in [0.2, 0.25) is 0 Å². The third-order valence-corrected chi connectivity index (χ3v) is 4.79. The summed E-state index contributed by atoms with van der Waals surface area (Å²) in [6.45, 7) is 4.44. The first kappa shape index (κ1) is 14.5. The lowest BCUT2D eigenvalue weighted by Gasteiger charge is -2.40. The van der Waals surface area contributed by atoms with Crippen LogP contribution in [0.4, 0.5) is 4.39 Å². The molecule has 0 spiro atoms. The molecule has 2 heteroatoms. The lowest BCUT2D eigenvalue weighted by atomic mass is 9.69. The largest absolute Gasteiger partial charge is 0.325 e. The zero-order valence-corrected chi connectivity index (χ0v) is 12.2. The van der Waals surface area contributed by atoms with Crippen LogP contribution >= 0.6 is 0 Å². The first-order valence-corrected chi connectivity index (χ1v) is 7.54. The van der Waals surface area contributed by atoms with E-state index in [1.807, 2.05) is 12.1 Å². The monoisotopic (exact) mass is 263 g/mol. The number of halogens is 1. The van der Waals surface area contributed by atoms with E-state index in [0.29, 0.717) is 5.92 Å². The van der Waals surface area contributed by atoms with E-state index < -0.39 is 0 Å². The topological polar surface area (TPSA) is 26.0 Å². The first-order valence-electron chi connectivity index (χ1n) is 7.54. The summed E-state index contributed by atoms with van der Waals surface area (Å²) >= 11 is 0. The summed E-state index contributed by atoms with van der Waals surface area (Å²) in [5.74, 6) is 1.26. The molecule has 1 aliphatic rings. The summed E-state index contributed by atoms with van der Waals surface area (Å²) in [6, 6.07) is 6.78. The average Bonchev–Trinajstić information content (AvgIpc) is 2.41. The Hall–Kier alpha value is -0.890. The third-order valence-electron chi connectivity index (χ3n) is 4.79. The SMILES string of the molecule is CCC1CCCC(C(C)(N)Cc2ccc(F)cc2)C1. The summed E-state index contributed by atoms with van der Waals surface area (Å²) in [7, 11) is 0. The second kappa shape index (κ2) is 6.04. The van der Waals surface area contributed by atoms with Gasteiger partial charge in [-0.1, -0.05) is 38.3 Å². The Balaban J connectivity index is 2.02. The summed E-state index contributed by atoms with van der Waals surface area (Å²) in [5, 5.41) is 0. The van der Waals surface area contributed by atoms with Crippen LogP contribution in [0, 0.1) is 17.7 Å². The fourth-order valence-corrected chi connectivity index (χ4v) is 3.45. The Labute approximate surface area is 116 Å². The summed E-state index contributed by atoms with van der Waals surface area (Å²) in [4.78, 5) is 0. The maximum atomic E-state index is 12.9. The Bertz CT molecular complexity index is 396. The molecule has 0 bridgehead atoms. The van der Waals surface area contributed by atoms with Crippen LogP contribution < -0.4 is 5.73 Å². The van der Waals surface area contributed by atoms with Gasteiger partial charge in [0.25, 0.3) is 0 Å². The van der Waals surface area contributed by atoms with Gasteiger partial charge in [0.05, 0.1) is 0 Å². The molecular weight excluding hydrogens is 237 g/mol. The Morgan fingerprint density at radius 1 is 1.26 bits per heavy atom. The number of hydrogen-bond acceptors (Lipinski definition) is 1. The van der Waals surface area contributed by atoms with Gasteiger partial charge in [-0.2, -0.15) is 0 Å². The van der Waals surface area contributed by atoms with Gasteiger partial charge >= 0.3 is 0 Å². The number of rotatable bonds is 4. The van der Waals surface area contributed by atoms with Crippen molar-refractivity contribution in [2.24, 2.45) is 17.6 Å². The highest BCUT2D eigenvalue weighted by atomic mass is 19.1. The van der Waals surface area contributed by atoms with E-state index in [0.717, 1.165) is 17.9 Å². The van der Waals surface area contributed by atoms with Gasteiger partial charge < -0.3 is 5.73 Å². The van der Waals surface area contributed by atoms with Gasteiger partial charge in [0.2, 0.25) is 0 Å². The molecule has 2 N–H and O–H groups in total. The van der Waals surface area contributed by atoms with E-state index in [9.17, 15) is 4.39 Å². The van der Waals surface area contributed by atoms with Crippen molar-refractivity contribution in [3.8, 4) is 0 Å². The zero-order chi connectivity index (χ0) is 13.9. The zero-order valence-electron chi connectivity index (χ0n) is 12.2. The summed E-state index contributed by atoms with van der Waals surface area (Å²) < 4.78 is 12.9. The minimum absolute atomic E-state index is 0.175. The van der Waals surface area contributed by atoms with Gasteiger partial charge in [0.15, 0.2) is 0 Å². The highest BCUT2D eigenvalue weighted by molar-refractivity contribution is 5.19. The number of nitrogens with two attached hydrogens (primary N) is 1. The van der Waals surface area contributed by atoms with Crippen molar-refractivity contribution >= 4 is 0 Å². The predicted octanol–water partition coefficient (Wildman–Crippen LogP) is 4.30. The molecule has 106 valence electrons. The van der Waals surface area contributed by atoms with E-state index in [2.05, 4.69) is 13.8 Å². The van der Waals surface area contributed by atoms with Gasteiger partial charge in [0, 0.05) is 5.54 Å². The molecule has 1 nitrogen and oxygen atoms in total. The molecule has 1 saturated carbocycles. The highest BCUT2D eigenvalue weighted by Crippen LogP contribution is 2.37. The summed E-state index contributed by atoms with van der Waals surface area (Å²) in [5.41, 5.74) is 7.55. The fourth-order valence-electron chi connectivity index (χ4n) is 3.45. The van der Waals surface area contributed by atoms with E-state index >= 15 is 0 Å². The molecule has 3 unspecified atom stereocenters. The summed E-state index contributed by atoms with van der Waals surface area (Å²) in [6.07, 6.45) is 7.27. The second-order valence-corrected chi connectivity index (χ2v) is 6.45. The van der Waals surface area contributed by atoms with Crippen LogP contribution in [-0.2, 0) is 6.42 Å². The lowest BCUT2D eigenvalue weighted by molar-refractivity contribution is 0.172. The van der Waals surface area contributed by atoms with Crippen LogP contribution in [0.15, 0.2) is 24.3 Å². The Kier molecular flexibility index (Phi) is 4.62. The van der Waals surface area contributed by atoms with Gasteiger partial charge in [-0.25, -0.2) is 4.39 Å². The van der Waals surface area contributed by atoms with Crippen molar-refractivity contribution in [3.63, 3.8) is 0 Å². The molecule has 1 aromatic rings. The molecular formula is C17H26FN. The Morgan fingerprint density at radius 2 is 1.95 bits per heavy atom. The molecule has 0 heterocycles. The Morgan fingerprint density at radius 3 is 2.58 bits per heavy atom. The van der Waals surface area contributed by atoms with Gasteiger partial charge in [-0.3, -0.25) is 0 Å². The maximum absolute atomic E-state index is 12.9. The van der Waals surface area contributed by atoms with E-state index in [4.69, 9.17) is 5.73 Å². The molecule has 3 atom stereocenters. The average molecular weight is 263 g/mol. The highest BCUT2D eigenvalue weighted by Gasteiger charge is 2.33. The van der Waals surface area contributed by atoms with Crippen molar-refractivity contribution in [2.45, 2.75) is 57.9 Å². The number of hydrogen-bond donors (Lipinski definition) is 1. The maximum Gasteiger partial charge on any atom is 0.123 e. The van der Waals surface area contributed by atoms with Gasteiger partial charge in [-0.15, -0.1) is 0 Å². The molecule has 1 fully saturated rings. The molecule has 0 aromatic heterocycles. The predicted molar refractivity (Wildman–Crippen MR) is 78.4 cm³/mol. The van der Waals surface area contributed by atoms with Crippen LogP contribution in [0.1, 0.15) is 51.5 Å². The normalized spacial score (nSPS) is 26.9. The van der Waals surface area contributed by atoms with Crippen molar-refractivity contribution in [1.29, 1.82) is 0 Å². The lowest BCUT2D eigenvalue weighted by Crippen LogP contribution is -2.48. The third kappa shape index (κ3) is 3.79. The van der Waals surface area contributed by atoms with E-state index in [-0.39, 0.29) is 11.4 Å². The van der Waals surface area contributed by atoms with Crippen LogP contribution in [0.25, 0.3) is 0 Å². The molecule has 19 heavy (non-hydrogen) atoms. The minimum atomic E-state index is -0.175. The van der Waals surface area contributed by atoms with Crippen LogP contribution in [0.5, 0.6) is 0 Å². The van der Waals surface area contributed by atoms with Crippen molar-refractivity contribution in [3.05, 3.63) is 35.6 Å². The quantitative estimate of drug-likeness (QED) is 0.861. The minimum Gasteiger partial charge on any atom is -0.325 e. The van der Waals surface area contributed by atoms with Crippen LogP contribution in [-0.4, -0.2) is 5.54 Å². The first-order chi connectivity index (χ1) is 9.01. The van der Waals surface area contributed by atoms with Gasteiger partial charge in [-0.05, 0) is 55.7 Å². The van der Waals surface area contributed by atoms with Crippen molar-refractivity contribution in [2.75, 3.05) is 0 Å². The molecule has 1 aliphatic carbocycles. The van der Waals surface area contributed by atoms with E-state index in [1.54, 1.807) is 0 Å². The molecule has 0 amide bonds. The molecule has 0 radical (unpaired) electrons. The number of benzene rings is 1. The molecule has 0 saturated heterocycles. The smallest absolute Gasteiger partial charge is 0.123 e. The van der Waals surface area contributed by atoms with Crippen molar-refractivity contribution < 1.29 is 4.39 Å². The molecule has 1 aromatic carbocycles. The van der Waals surface area contributed by atoms with Crippen LogP contribution in [0.3, 0.4) is 0 Å². The second-order valence-electron chi connectivity index (χ2n) is 6.45. The fraction of sp³-hybridized carbons (Fsp3) is 0.647. The van der Waals surface area contributed by atoms with Crippen molar-refractivity contribution in [1.82, 2.24) is 0 Å². The molecule has 0 aliphatic heterocycles. The molecule has 2 rings (SSSR count). The van der Waals surface area contributed by atoms with Gasteiger partial charge in [0.1, 0.15) is 5.82 Å². The standard InChI is InChI=1S/C17H26FN/c1-3-13-5-4-6-15(11-13)17(2,19)12-14-7-9-16(18)10-8-14/h7-10,13,15H,3-6,11-12,19H2,1-2H3. The van der Waals surface area contributed by atoms with E-state index in [1.165, 1.54) is 44.2 Å².